The van der Waals surface area contributed by atoms with Crippen molar-refractivity contribution in [3.8, 4) is 11.4 Å². The van der Waals surface area contributed by atoms with E-state index in [9.17, 15) is 14.4 Å². The van der Waals surface area contributed by atoms with Crippen LogP contribution in [0, 0.1) is 0 Å². The molecule has 9 heteroatoms. The van der Waals surface area contributed by atoms with Crippen molar-refractivity contribution in [2.75, 3.05) is 0 Å². The molecule has 0 bridgehead atoms. The number of carbonyl (C=O) groups excluding carboxylic acids is 2. The van der Waals surface area contributed by atoms with Gasteiger partial charge in [0.1, 0.15) is 6.61 Å². The number of ether oxygens (including phenoxy) is 2. The average molecular weight is 453 g/mol. The topological polar surface area (TPSA) is 87.5 Å². The lowest BCUT2D eigenvalue weighted by molar-refractivity contribution is -0.188. The Morgan fingerprint density at radius 3 is 2.87 bits per heavy atom. The SMILES string of the molecule is CC[C@@]1(OC(=O)C2SS2)C(=O)OCc2c1cc1n(c2=O)Cc2cc3ccccc3nc2-1. The number of benzene rings is 1. The van der Waals surface area contributed by atoms with Gasteiger partial charge in [-0.25, -0.2) is 14.6 Å². The second-order valence-corrected chi connectivity index (χ2v) is 10.5. The quantitative estimate of drug-likeness (QED) is 0.266. The van der Waals surface area contributed by atoms with Gasteiger partial charge in [-0.2, -0.15) is 0 Å². The predicted molar refractivity (Wildman–Crippen MR) is 117 cm³/mol. The number of cyclic esters (lactones) is 1. The van der Waals surface area contributed by atoms with E-state index in [0.29, 0.717) is 29.1 Å². The van der Waals surface area contributed by atoms with Crippen LogP contribution in [0.3, 0.4) is 0 Å². The van der Waals surface area contributed by atoms with E-state index in [1.807, 2.05) is 30.3 Å². The summed E-state index contributed by atoms with van der Waals surface area (Å²) in [4.78, 5) is 43.6. The highest BCUT2D eigenvalue weighted by molar-refractivity contribution is 8.93. The zero-order valence-electron chi connectivity index (χ0n) is 16.4. The summed E-state index contributed by atoms with van der Waals surface area (Å²) in [6, 6.07) is 11.6. The van der Waals surface area contributed by atoms with Crippen molar-refractivity contribution in [3.05, 3.63) is 63.4 Å². The average Bonchev–Trinajstić information content (AvgIpc) is 3.57. The van der Waals surface area contributed by atoms with E-state index in [1.165, 1.54) is 21.6 Å². The van der Waals surface area contributed by atoms with Crippen LogP contribution in [-0.2, 0) is 37.8 Å². The lowest BCUT2D eigenvalue weighted by Gasteiger charge is -2.35. The molecule has 0 radical (unpaired) electrons. The minimum absolute atomic E-state index is 0.134. The number of hydrogen-bond donors (Lipinski definition) is 0. The second-order valence-electron chi connectivity index (χ2n) is 7.70. The maximum Gasteiger partial charge on any atom is 0.355 e. The van der Waals surface area contributed by atoms with Crippen molar-refractivity contribution in [1.29, 1.82) is 0 Å². The van der Waals surface area contributed by atoms with Crippen LogP contribution in [0.15, 0.2) is 41.2 Å². The fourth-order valence-electron chi connectivity index (χ4n) is 4.41. The molecule has 0 aliphatic carbocycles. The van der Waals surface area contributed by atoms with E-state index in [2.05, 4.69) is 0 Å². The van der Waals surface area contributed by atoms with Gasteiger partial charge >= 0.3 is 11.9 Å². The van der Waals surface area contributed by atoms with Crippen molar-refractivity contribution in [2.24, 2.45) is 0 Å². The fraction of sp³-hybridized carbons (Fsp3) is 0.273. The first-order valence-corrected chi connectivity index (χ1v) is 12.2. The monoisotopic (exact) mass is 452 g/mol. The summed E-state index contributed by atoms with van der Waals surface area (Å²) in [5.74, 6) is -1.12. The standard InChI is InChI=1S/C22H16N2O5S2/c1-2-22(29-19(26)20-30-31-20)14-8-16-17-12(7-11-5-3-4-6-15(11)23-17)9-24(16)18(25)13(14)10-28-21(22)27/h3-8,20H,2,9-10H2,1H3/t22-/m0/s1. The number of fused-ring (bicyclic) bond motifs is 5. The van der Waals surface area contributed by atoms with Crippen LogP contribution in [0.25, 0.3) is 22.3 Å². The van der Waals surface area contributed by atoms with Gasteiger partial charge in [0.05, 0.1) is 29.0 Å². The highest BCUT2D eigenvalue weighted by atomic mass is 33.2. The predicted octanol–water partition coefficient (Wildman–Crippen LogP) is 3.35. The maximum atomic E-state index is 13.4. The summed E-state index contributed by atoms with van der Waals surface area (Å²) in [5, 5.41) is 1.00. The largest absolute Gasteiger partial charge is 0.457 e. The van der Waals surface area contributed by atoms with Crippen molar-refractivity contribution < 1.29 is 19.1 Å². The molecule has 31 heavy (non-hydrogen) atoms. The van der Waals surface area contributed by atoms with Crippen LogP contribution in [-0.4, -0.2) is 26.1 Å². The Labute approximate surface area is 184 Å². The van der Waals surface area contributed by atoms with Gasteiger partial charge in [0.15, 0.2) is 4.58 Å². The second kappa shape index (κ2) is 6.61. The Balaban J connectivity index is 1.57. The molecular weight excluding hydrogens is 436 g/mol. The van der Waals surface area contributed by atoms with Crippen LogP contribution in [0.5, 0.6) is 0 Å². The molecule has 1 saturated heterocycles. The molecule has 0 unspecified atom stereocenters. The van der Waals surface area contributed by atoms with Crippen molar-refractivity contribution in [1.82, 2.24) is 9.55 Å². The normalized spacial score (nSPS) is 21.3. The number of esters is 2. The summed E-state index contributed by atoms with van der Waals surface area (Å²) < 4.78 is 12.4. The van der Waals surface area contributed by atoms with Crippen LogP contribution in [0.4, 0.5) is 0 Å². The Kier molecular flexibility index (Phi) is 4.04. The first-order chi connectivity index (χ1) is 15.0. The van der Waals surface area contributed by atoms with Gasteiger partial charge in [-0.3, -0.25) is 4.79 Å². The minimum atomic E-state index is -1.62. The maximum absolute atomic E-state index is 13.4. The molecule has 2 aromatic heterocycles. The molecule has 1 aromatic carbocycles. The number of nitrogens with zero attached hydrogens (tertiary/aromatic N) is 2. The summed E-state index contributed by atoms with van der Waals surface area (Å²) in [6.45, 7) is 2.02. The number of para-hydroxylation sites is 1. The van der Waals surface area contributed by atoms with E-state index in [4.69, 9.17) is 14.5 Å². The molecule has 3 aromatic rings. The minimum Gasteiger partial charge on any atom is -0.457 e. The van der Waals surface area contributed by atoms with Gasteiger partial charge in [0.25, 0.3) is 5.56 Å². The Bertz CT molecular complexity index is 1360. The first-order valence-electron chi connectivity index (χ1n) is 9.90. The van der Waals surface area contributed by atoms with Crippen molar-refractivity contribution in [2.45, 2.75) is 36.7 Å². The highest BCUT2D eigenvalue weighted by Crippen LogP contribution is 2.54. The van der Waals surface area contributed by atoms with Gasteiger partial charge in [-0.05, 0) is 24.6 Å². The molecule has 0 saturated carbocycles. The number of carbonyl (C=O) groups is 2. The molecule has 3 aliphatic heterocycles. The van der Waals surface area contributed by atoms with Crippen molar-refractivity contribution >= 4 is 44.4 Å². The Morgan fingerprint density at radius 1 is 1.29 bits per heavy atom. The third-order valence-corrected chi connectivity index (χ3v) is 7.97. The number of aromatic nitrogens is 2. The molecular formula is C22H16N2O5S2. The van der Waals surface area contributed by atoms with Gasteiger partial charge in [-0.1, -0.05) is 46.7 Å². The van der Waals surface area contributed by atoms with E-state index in [1.54, 1.807) is 17.6 Å². The molecule has 1 fully saturated rings. The van der Waals surface area contributed by atoms with E-state index >= 15 is 0 Å². The zero-order valence-corrected chi connectivity index (χ0v) is 18.0. The summed E-state index contributed by atoms with van der Waals surface area (Å²) >= 11 is 0. The van der Waals surface area contributed by atoms with Crippen LogP contribution in [0.2, 0.25) is 0 Å². The van der Waals surface area contributed by atoms with E-state index in [-0.39, 0.29) is 23.2 Å². The number of rotatable bonds is 3. The summed E-state index contributed by atoms with van der Waals surface area (Å²) in [7, 11) is 2.77. The molecule has 3 aliphatic rings. The lowest BCUT2D eigenvalue weighted by Crippen LogP contribution is -2.47. The molecule has 1 atom stereocenters. The first kappa shape index (κ1) is 18.9. The lowest BCUT2D eigenvalue weighted by atomic mass is 9.85. The van der Waals surface area contributed by atoms with Gasteiger partial charge in [0.2, 0.25) is 5.60 Å². The molecule has 0 spiro atoms. The smallest absolute Gasteiger partial charge is 0.355 e. The van der Waals surface area contributed by atoms with Gasteiger partial charge < -0.3 is 14.0 Å². The molecule has 6 rings (SSSR count). The third-order valence-electron chi connectivity index (χ3n) is 6.04. The Hall–Kier alpha value is -2.78. The highest BCUT2D eigenvalue weighted by Gasteiger charge is 2.52. The molecule has 5 heterocycles. The fourth-order valence-corrected chi connectivity index (χ4v) is 5.36. The van der Waals surface area contributed by atoms with Gasteiger partial charge in [0, 0.05) is 16.5 Å². The molecule has 0 amide bonds. The summed E-state index contributed by atoms with van der Waals surface area (Å²) in [5.41, 5.74) is 2.01. The molecule has 156 valence electrons. The van der Waals surface area contributed by atoms with Crippen molar-refractivity contribution in [3.63, 3.8) is 0 Å². The van der Waals surface area contributed by atoms with Crippen LogP contribution >= 0.6 is 21.6 Å². The van der Waals surface area contributed by atoms with Crippen LogP contribution < -0.4 is 5.56 Å². The number of pyridine rings is 2. The third kappa shape index (κ3) is 2.69. The number of hydrogen-bond acceptors (Lipinski definition) is 8. The van der Waals surface area contributed by atoms with Crippen LogP contribution in [0.1, 0.15) is 30.0 Å². The zero-order chi connectivity index (χ0) is 21.3. The molecule has 0 N–H and O–H groups in total. The molecule has 7 nitrogen and oxygen atoms in total. The summed E-state index contributed by atoms with van der Waals surface area (Å²) in [6.07, 6.45) is 0.174. The van der Waals surface area contributed by atoms with Gasteiger partial charge in [-0.15, -0.1) is 0 Å². The van der Waals surface area contributed by atoms with E-state index in [0.717, 1.165) is 16.5 Å². The Morgan fingerprint density at radius 2 is 2.10 bits per heavy atom. The van der Waals surface area contributed by atoms with E-state index < -0.39 is 17.5 Å².